The molecule has 3 aromatic rings. The van der Waals surface area contributed by atoms with Crippen LogP contribution in [0.2, 0.25) is 0 Å². The summed E-state index contributed by atoms with van der Waals surface area (Å²) in [5.74, 6) is 0.725. The number of carbonyl (C=O) groups is 1. The molecule has 1 unspecified atom stereocenters. The Morgan fingerprint density at radius 2 is 1.89 bits per heavy atom. The molecule has 35 heavy (non-hydrogen) atoms. The number of benzene rings is 3. The minimum atomic E-state index is -3.79. The van der Waals surface area contributed by atoms with E-state index in [4.69, 9.17) is 4.74 Å². The van der Waals surface area contributed by atoms with Crippen molar-refractivity contribution in [3.8, 4) is 5.75 Å². The van der Waals surface area contributed by atoms with Gasteiger partial charge >= 0.3 is 0 Å². The first-order valence-corrected chi connectivity index (χ1v) is 13.1. The topological polar surface area (TPSA) is 87.7 Å². The first-order chi connectivity index (χ1) is 16.8. The predicted octanol–water partition coefficient (Wildman–Crippen LogP) is 4.62. The second kappa shape index (κ2) is 10.4. The van der Waals surface area contributed by atoms with Crippen molar-refractivity contribution < 1.29 is 17.9 Å². The highest BCUT2D eigenvalue weighted by Gasteiger charge is 2.28. The summed E-state index contributed by atoms with van der Waals surface area (Å²) >= 11 is 0. The molecule has 1 aliphatic carbocycles. The lowest BCUT2D eigenvalue weighted by molar-refractivity contribution is -0.131. The summed E-state index contributed by atoms with van der Waals surface area (Å²) in [5, 5.41) is 2.93. The maximum Gasteiger partial charge on any atom is 0.263 e. The van der Waals surface area contributed by atoms with Gasteiger partial charge in [0.15, 0.2) is 0 Å². The maximum atomic E-state index is 13.2. The molecule has 2 N–H and O–H groups in total. The van der Waals surface area contributed by atoms with E-state index in [2.05, 4.69) is 10.0 Å². The number of hydrogen-bond donors (Lipinski definition) is 2. The number of amides is 1. The van der Waals surface area contributed by atoms with E-state index in [0.717, 1.165) is 41.7 Å². The largest absolute Gasteiger partial charge is 0.497 e. The molecule has 0 spiro atoms. The van der Waals surface area contributed by atoms with Crippen LogP contribution in [0.4, 0.5) is 11.4 Å². The molecule has 7 nitrogen and oxygen atoms in total. The number of nitrogens with zero attached hydrogens (tertiary/aromatic N) is 1. The van der Waals surface area contributed by atoms with Crippen LogP contribution in [-0.4, -0.2) is 40.4 Å². The number of rotatable bonds is 8. The molecular formula is C27H31N3O4S. The molecule has 1 amide bonds. The summed E-state index contributed by atoms with van der Waals surface area (Å²) in [5.41, 5.74) is 4.02. The lowest BCUT2D eigenvalue weighted by Gasteiger charge is -2.34. The van der Waals surface area contributed by atoms with E-state index in [-0.39, 0.29) is 23.3 Å². The minimum Gasteiger partial charge on any atom is -0.497 e. The van der Waals surface area contributed by atoms with Gasteiger partial charge in [-0.05, 0) is 72.4 Å². The lowest BCUT2D eigenvalue weighted by Crippen LogP contribution is -2.34. The number of nitrogens with one attached hydrogen (secondary N) is 2. The van der Waals surface area contributed by atoms with Gasteiger partial charge in [-0.3, -0.25) is 9.52 Å². The average molecular weight is 494 g/mol. The van der Waals surface area contributed by atoms with Crippen LogP contribution in [-0.2, 0) is 27.7 Å². The van der Waals surface area contributed by atoms with E-state index < -0.39 is 10.0 Å². The molecule has 0 bridgehead atoms. The fourth-order valence-electron chi connectivity index (χ4n) is 4.61. The molecule has 0 aliphatic heterocycles. The Hall–Kier alpha value is -3.52. The third kappa shape index (κ3) is 5.43. The number of fused-ring (bicyclic) bond motifs is 1. The van der Waals surface area contributed by atoms with Crippen molar-refractivity contribution >= 4 is 27.3 Å². The van der Waals surface area contributed by atoms with Crippen molar-refractivity contribution in [2.75, 3.05) is 31.2 Å². The number of ether oxygens (including phenoxy) is 1. The highest BCUT2D eigenvalue weighted by Crippen LogP contribution is 2.36. The summed E-state index contributed by atoms with van der Waals surface area (Å²) in [6.07, 6.45) is 2.97. The Kier molecular flexibility index (Phi) is 7.31. The first kappa shape index (κ1) is 24.6. The molecule has 1 aliphatic rings. The number of hydrogen-bond acceptors (Lipinski definition) is 5. The third-order valence-corrected chi connectivity index (χ3v) is 7.92. The Balaban J connectivity index is 1.57. The zero-order chi connectivity index (χ0) is 25.0. The molecule has 0 aromatic heterocycles. The molecule has 0 saturated heterocycles. The molecule has 0 radical (unpaired) electrons. The molecule has 184 valence electrons. The Morgan fingerprint density at radius 1 is 1.09 bits per heavy atom. The van der Waals surface area contributed by atoms with E-state index in [0.29, 0.717) is 11.4 Å². The van der Waals surface area contributed by atoms with Gasteiger partial charge in [0.1, 0.15) is 10.6 Å². The van der Waals surface area contributed by atoms with E-state index in [1.54, 1.807) is 49.4 Å². The van der Waals surface area contributed by atoms with E-state index in [1.165, 1.54) is 0 Å². The second-order valence-corrected chi connectivity index (χ2v) is 10.4. The molecule has 4 rings (SSSR count). The normalized spacial score (nSPS) is 15.1. The molecule has 0 fully saturated rings. The quantitative estimate of drug-likeness (QED) is 0.478. The van der Waals surface area contributed by atoms with Crippen LogP contribution >= 0.6 is 0 Å². The maximum absolute atomic E-state index is 13.2. The second-order valence-electron chi connectivity index (χ2n) is 8.71. The van der Waals surface area contributed by atoms with Gasteiger partial charge in [-0.25, -0.2) is 8.42 Å². The smallest absolute Gasteiger partial charge is 0.263 e. The van der Waals surface area contributed by atoms with Gasteiger partial charge in [-0.15, -0.1) is 0 Å². The SMILES string of the molecule is CNc1ccccc1S(=O)(=O)Nc1ccc2c(c1)C(N(C)C(=O)Cc1cccc(OC)c1)CCC2. The standard InChI is InChI=1S/C27H31N3O4S/c1-28-24-11-4-5-13-26(24)35(32,33)29-21-15-14-20-9-7-12-25(23(20)18-21)30(2)27(31)17-19-8-6-10-22(16-19)34-3/h4-6,8,10-11,13-16,18,25,28-29H,7,9,12,17H2,1-3H3. The summed E-state index contributed by atoms with van der Waals surface area (Å²) in [6, 6.07) is 19.8. The monoisotopic (exact) mass is 493 g/mol. The Morgan fingerprint density at radius 3 is 2.66 bits per heavy atom. The van der Waals surface area contributed by atoms with Crippen molar-refractivity contribution in [3.05, 3.63) is 83.4 Å². The fourth-order valence-corrected chi connectivity index (χ4v) is 5.88. The molecule has 3 aromatic carbocycles. The third-order valence-electron chi connectivity index (χ3n) is 6.48. The van der Waals surface area contributed by atoms with Crippen LogP contribution in [0, 0.1) is 0 Å². The number of anilines is 2. The van der Waals surface area contributed by atoms with Crippen LogP contribution in [0.1, 0.15) is 35.6 Å². The molecule has 0 saturated carbocycles. The van der Waals surface area contributed by atoms with Crippen molar-refractivity contribution in [2.45, 2.75) is 36.6 Å². The number of sulfonamides is 1. The van der Waals surface area contributed by atoms with E-state index in [1.807, 2.05) is 43.4 Å². The number of likely N-dealkylation sites (N-methyl/N-ethyl adjacent to an activating group) is 1. The van der Waals surface area contributed by atoms with Gasteiger partial charge in [0, 0.05) is 19.8 Å². The number of aryl methyl sites for hydroxylation is 1. The molecule has 1 atom stereocenters. The van der Waals surface area contributed by atoms with Gasteiger partial charge in [-0.2, -0.15) is 0 Å². The van der Waals surface area contributed by atoms with Crippen molar-refractivity contribution in [1.29, 1.82) is 0 Å². The van der Waals surface area contributed by atoms with Crippen molar-refractivity contribution in [3.63, 3.8) is 0 Å². The van der Waals surface area contributed by atoms with Crippen molar-refractivity contribution in [2.24, 2.45) is 0 Å². The number of carbonyl (C=O) groups excluding carboxylic acids is 1. The van der Waals surface area contributed by atoms with Crippen LogP contribution in [0.15, 0.2) is 71.6 Å². The average Bonchev–Trinajstić information content (AvgIpc) is 2.87. The van der Waals surface area contributed by atoms with Crippen LogP contribution in [0.5, 0.6) is 5.75 Å². The highest BCUT2D eigenvalue weighted by molar-refractivity contribution is 7.92. The highest BCUT2D eigenvalue weighted by atomic mass is 32.2. The van der Waals surface area contributed by atoms with Gasteiger partial charge in [0.2, 0.25) is 5.91 Å². The number of methoxy groups -OCH3 is 1. The molecular weight excluding hydrogens is 462 g/mol. The van der Waals surface area contributed by atoms with Crippen LogP contribution in [0.25, 0.3) is 0 Å². The first-order valence-electron chi connectivity index (χ1n) is 11.6. The Labute approximate surface area is 207 Å². The van der Waals surface area contributed by atoms with Gasteiger partial charge < -0.3 is 15.0 Å². The molecule has 8 heteroatoms. The predicted molar refractivity (Wildman–Crippen MR) is 138 cm³/mol. The van der Waals surface area contributed by atoms with Crippen molar-refractivity contribution in [1.82, 2.24) is 4.90 Å². The van der Waals surface area contributed by atoms with Crippen LogP contribution in [0.3, 0.4) is 0 Å². The minimum absolute atomic E-state index is 0.00466. The zero-order valence-corrected chi connectivity index (χ0v) is 21.1. The number of para-hydroxylation sites is 1. The van der Waals surface area contributed by atoms with Gasteiger partial charge in [0.05, 0.1) is 25.3 Å². The summed E-state index contributed by atoms with van der Waals surface area (Å²) in [4.78, 5) is 15.1. The van der Waals surface area contributed by atoms with Gasteiger partial charge in [0.25, 0.3) is 10.0 Å². The zero-order valence-electron chi connectivity index (χ0n) is 20.2. The van der Waals surface area contributed by atoms with E-state index in [9.17, 15) is 13.2 Å². The van der Waals surface area contributed by atoms with Gasteiger partial charge in [-0.1, -0.05) is 30.3 Å². The fraction of sp³-hybridized carbons (Fsp3) is 0.296. The molecule has 0 heterocycles. The van der Waals surface area contributed by atoms with Crippen LogP contribution < -0.4 is 14.8 Å². The summed E-state index contributed by atoms with van der Waals surface area (Å²) in [7, 11) is 1.33. The summed E-state index contributed by atoms with van der Waals surface area (Å²) < 4.78 is 34.2. The Bertz CT molecular complexity index is 1320. The summed E-state index contributed by atoms with van der Waals surface area (Å²) in [6.45, 7) is 0. The lowest BCUT2D eigenvalue weighted by atomic mass is 9.86. The van der Waals surface area contributed by atoms with E-state index >= 15 is 0 Å².